The molecule has 0 spiro atoms. The molecule has 0 aliphatic rings. The number of benzene rings is 2. The second kappa shape index (κ2) is 5.15. The Morgan fingerprint density at radius 1 is 0.889 bits per heavy atom. The molecule has 0 aliphatic heterocycles. The molecule has 0 N–H and O–H groups in total. The third-order valence-electron chi connectivity index (χ3n) is 2.92. The van der Waals surface area contributed by atoms with Gasteiger partial charge < -0.3 is 0 Å². The molecule has 0 bridgehead atoms. The molecule has 1 heterocycles. The van der Waals surface area contributed by atoms with Gasteiger partial charge in [-0.2, -0.15) is 0 Å². The summed E-state index contributed by atoms with van der Waals surface area (Å²) in [5.74, 6) is 0. The van der Waals surface area contributed by atoms with E-state index in [1.54, 1.807) is 11.3 Å². The molecule has 0 radical (unpaired) electrons. The van der Waals surface area contributed by atoms with Gasteiger partial charge in [-0.1, -0.05) is 54.6 Å². The summed E-state index contributed by atoms with van der Waals surface area (Å²) in [6.45, 7) is 0. The van der Waals surface area contributed by atoms with Gasteiger partial charge in [-0.25, -0.2) is 4.98 Å². The first-order valence-electron chi connectivity index (χ1n) is 5.95. The lowest BCUT2D eigenvalue weighted by molar-refractivity contribution is 1.19. The van der Waals surface area contributed by atoms with Gasteiger partial charge in [-0.05, 0) is 17.5 Å². The smallest absolute Gasteiger partial charge is 0.123 e. The van der Waals surface area contributed by atoms with Crippen molar-refractivity contribution < 1.29 is 0 Å². The van der Waals surface area contributed by atoms with Gasteiger partial charge in [0.2, 0.25) is 0 Å². The highest BCUT2D eigenvalue weighted by Gasteiger charge is 2.06. The minimum Gasteiger partial charge on any atom is -0.245 e. The summed E-state index contributed by atoms with van der Waals surface area (Å²) in [5, 5.41) is 3.12. The Bertz CT molecular complexity index is 615. The van der Waals surface area contributed by atoms with Crippen molar-refractivity contribution in [3.8, 4) is 10.6 Å². The van der Waals surface area contributed by atoms with Crippen molar-refractivity contribution in [1.82, 2.24) is 4.98 Å². The fraction of sp³-hybridized carbons (Fsp3) is 0.0625. The minimum absolute atomic E-state index is 0.955. The van der Waals surface area contributed by atoms with E-state index in [-0.39, 0.29) is 0 Å². The lowest BCUT2D eigenvalue weighted by atomic mass is 10.0. The molecule has 0 saturated heterocycles. The van der Waals surface area contributed by atoms with Crippen LogP contribution in [0.15, 0.2) is 66.2 Å². The number of rotatable bonds is 3. The van der Waals surface area contributed by atoms with Gasteiger partial charge in [0, 0.05) is 17.1 Å². The predicted octanol–water partition coefficient (Wildman–Crippen LogP) is 4.40. The van der Waals surface area contributed by atoms with Gasteiger partial charge in [0.05, 0.1) is 0 Å². The Morgan fingerprint density at radius 3 is 2.44 bits per heavy atom. The van der Waals surface area contributed by atoms with Crippen LogP contribution < -0.4 is 0 Å². The minimum atomic E-state index is 0.955. The Hall–Kier alpha value is -1.93. The Balaban J connectivity index is 1.98. The van der Waals surface area contributed by atoms with E-state index in [1.807, 2.05) is 11.6 Å². The van der Waals surface area contributed by atoms with Gasteiger partial charge in [0.1, 0.15) is 5.01 Å². The fourth-order valence-electron chi connectivity index (χ4n) is 2.06. The molecule has 18 heavy (non-hydrogen) atoms. The zero-order chi connectivity index (χ0) is 12.2. The first-order valence-corrected chi connectivity index (χ1v) is 6.83. The molecule has 2 aromatic carbocycles. The molecule has 2 heteroatoms. The van der Waals surface area contributed by atoms with Crippen LogP contribution in [0.3, 0.4) is 0 Å². The van der Waals surface area contributed by atoms with Crippen LogP contribution in [0.5, 0.6) is 0 Å². The van der Waals surface area contributed by atoms with E-state index < -0.39 is 0 Å². The van der Waals surface area contributed by atoms with Crippen LogP contribution in [0.2, 0.25) is 0 Å². The summed E-state index contributed by atoms with van der Waals surface area (Å²) in [5.41, 5.74) is 3.91. The largest absolute Gasteiger partial charge is 0.245 e. The second-order valence-corrected chi connectivity index (χ2v) is 5.05. The Labute approximate surface area is 111 Å². The van der Waals surface area contributed by atoms with Crippen LogP contribution in [0.25, 0.3) is 10.6 Å². The molecule has 0 saturated carbocycles. The van der Waals surface area contributed by atoms with E-state index in [2.05, 4.69) is 59.6 Å². The van der Waals surface area contributed by atoms with Crippen molar-refractivity contribution in [2.24, 2.45) is 0 Å². The second-order valence-electron chi connectivity index (χ2n) is 4.16. The van der Waals surface area contributed by atoms with Crippen molar-refractivity contribution in [3.63, 3.8) is 0 Å². The first kappa shape index (κ1) is 11.2. The normalized spacial score (nSPS) is 10.4. The van der Waals surface area contributed by atoms with Gasteiger partial charge >= 0.3 is 0 Å². The summed E-state index contributed by atoms with van der Waals surface area (Å²) in [6.07, 6.45) is 2.82. The standard InChI is InChI=1S/C16H13NS/c1-2-6-13(7-3-1)12-14-8-4-5-9-15(14)16-17-10-11-18-16/h1-11H,12H2. The molecule has 1 nitrogen and oxygen atoms in total. The maximum Gasteiger partial charge on any atom is 0.123 e. The first-order chi connectivity index (χ1) is 8.93. The maximum atomic E-state index is 4.41. The average Bonchev–Trinajstić information content (AvgIpc) is 2.94. The predicted molar refractivity (Wildman–Crippen MR) is 76.8 cm³/mol. The highest BCUT2D eigenvalue weighted by atomic mass is 32.1. The molecule has 0 atom stereocenters. The number of nitrogens with zero attached hydrogens (tertiary/aromatic N) is 1. The molecule has 0 unspecified atom stereocenters. The molecule has 0 amide bonds. The summed E-state index contributed by atoms with van der Waals surface area (Å²) in [7, 11) is 0. The molecular formula is C16H13NS. The van der Waals surface area contributed by atoms with Crippen LogP contribution in [-0.4, -0.2) is 4.98 Å². The third-order valence-corrected chi connectivity index (χ3v) is 3.72. The molecule has 88 valence electrons. The molecule has 1 aromatic heterocycles. The van der Waals surface area contributed by atoms with Crippen LogP contribution in [0, 0.1) is 0 Å². The fourth-order valence-corrected chi connectivity index (χ4v) is 2.75. The topological polar surface area (TPSA) is 12.9 Å². The zero-order valence-corrected chi connectivity index (χ0v) is 10.7. The number of aromatic nitrogens is 1. The van der Waals surface area contributed by atoms with E-state index in [9.17, 15) is 0 Å². The van der Waals surface area contributed by atoms with E-state index >= 15 is 0 Å². The maximum absolute atomic E-state index is 4.41. The Morgan fingerprint density at radius 2 is 1.67 bits per heavy atom. The molecule has 3 rings (SSSR count). The zero-order valence-electron chi connectivity index (χ0n) is 9.91. The van der Waals surface area contributed by atoms with E-state index in [1.165, 1.54) is 16.7 Å². The average molecular weight is 251 g/mol. The van der Waals surface area contributed by atoms with Crippen LogP contribution in [0.4, 0.5) is 0 Å². The number of thiazole rings is 1. The number of hydrogen-bond acceptors (Lipinski definition) is 2. The summed E-state index contributed by atoms with van der Waals surface area (Å²) >= 11 is 1.69. The molecular weight excluding hydrogens is 238 g/mol. The van der Waals surface area contributed by atoms with Crippen LogP contribution in [0.1, 0.15) is 11.1 Å². The van der Waals surface area contributed by atoms with Gasteiger partial charge in [0.15, 0.2) is 0 Å². The molecule has 0 aliphatic carbocycles. The van der Waals surface area contributed by atoms with E-state index in [0.29, 0.717) is 0 Å². The SMILES string of the molecule is c1ccc(Cc2ccccc2-c2nccs2)cc1. The monoisotopic (exact) mass is 251 g/mol. The summed E-state index contributed by atoms with van der Waals surface area (Å²) in [6, 6.07) is 19.1. The highest BCUT2D eigenvalue weighted by Crippen LogP contribution is 2.27. The summed E-state index contributed by atoms with van der Waals surface area (Å²) in [4.78, 5) is 4.41. The van der Waals surface area contributed by atoms with Crippen molar-refractivity contribution in [2.45, 2.75) is 6.42 Å². The van der Waals surface area contributed by atoms with Crippen molar-refractivity contribution >= 4 is 11.3 Å². The van der Waals surface area contributed by atoms with Crippen LogP contribution >= 0.6 is 11.3 Å². The lowest BCUT2D eigenvalue weighted by Gasteiger charge is -2.07. The molecule has 0 fully saturated rings. The molecule has 3 aromatic rings. The van der Waals surface area contributed by atoms with Crippen molar-refractivity contribution in [1.29, 1.82) is 0 Å². The third kappa shape index (κ3) is 2.34. The Kier molecular flexibility index (Phi) is 3.20. The van der Waals surface area contributed by atoms with Gasteiger partial charge in [0.25, 0.3) is 0 Å². The van der Waals surface area contributed by atoms with Gasteiger partial charge in [-0.15, -0.1) is 11.3 Å². The summed E-state index contributed by atoms with van der Waals surface area (Å²) < 4.78 is 0. The van der Waals surface area contributed by atoms with Crippen molar-refractivity contribution in [2.75, 3.05) is 0 Å². The highest BCUT2D eigenvalue weighted by molar-refractivity contribution is 7.13. The lowest BCUT2D eigenvalue weighted by Crippen LogP contribution is -1.91. The van der Waals surface area contributed by atoms with Crippen molar-refractivity contribution in [3.05, 3.63) is 77.3 Å². The van der Waals surface area contributed by atoms with E-state index in [4.69, 9.17) is 0 Å². The van der Waals surface area contributed by atoms with E-state index in [0.717, 1.165) is 11.4 Å². The van der Waals surface area contributed by atoms with Gasteiger partial charge in [-0.3, -0.25) is 0 Å². The quantitative estimate of drug-likeness (QED) is 0.672. The van der Waals surface area contributed by atoms with Crippen LogP contribution in [-0.2, 0) is 6.42 Å². The number of hydrogen-bond donors (Lipinski definition) is 0.